The van der Waals surface area contributed by atoms with E-state index in [1.54, 1.807) is 0 Å². The predicted molar refractivity (Wildman–Crippen MR) is 57.1 cm³/mol. The molecule has 0 unspecified atom stereocenters. The van der Waals surface area contributed by atoms with Gasteiger partial charge in [0.05, 0.1) is 20.8 Å². The second-order valence-corrected chi connectivity index (χ2v) is 3.83. The molecule has 2 rings (SSSR count). The molecule has 0 amide bonds. The zero-order valence-corrected chi connectivity index (χ0v) is 8.32. The van der Waals surface area contributed by atoms with Crippen LogP contribution in [0, 0.1) is 5.92 Å². The summed E-state index contributed by atoms with van der Waals surface area (Å²) >= 11 is 0. The van der Waals surface area contributed by atoms with Crippen molar-refractivity contribution in [2.24, 2.45) is 5.92 Å². The molecule has 2 heterocycles. The summed E-state index contributed by atoms with van der Waals surface area (Å²) in [7, 11) is 0. The van der Waals surface area contributed by atoms with Crippen molar-refractivity contribution < 1.29 is 2.74 Å². The van der Waals surface area contributed by atoms with Crippen molar-refractivity contribution in [1.82, 2.24) is 9.97 Å². The summed E-state index contributed by atoms with van der Waals surface area (Å²) in [6.45, 7) is 4.01. The van der Waals surface area contributed by atoms with Crippen molar-refractivity contribution in [1.29, 1.82) is 0 Å². The van der Waals surface area contributed by atoms with E-state index in [2.05, 4.69) is 16.9 Å². The van der Waals surface area contributed by atoms with Gasteiger partial charge in [-0.15, -0.1) is 0 Å². The number of nitrogens with two attached hydrogens (primary N) is 1. The molecule has 2 N–H and O–H groups in total. The Bertz CT molecular complexity index is 365. The van der Waals surface area contributed by atoms with E-state index in [-0.39, 0.29) is 18.0 Å². The topological polar surface area (TPSA) is 55.0 Å². The highest BCUT2D eigenvalue weighted by Crippen LogP contribution is 2.19. The van der Waals surface area contributed by atoms with Crippen LogP contribution in [0.5, 0.6) is 0 Å². The van der Waals surface area contributed by atoms with E-state index in [9.17, 15) is 0 Å². The number of hydrogen-bond donors (Lipinski definition) is 1. The third kappa shape index (κ3) is 1.95. The molecule has 76 valence electrons. The second kappa shape index (κ2) is 3.82. The first-order valence-electron chi connectivity index (χ1n) is 5.93. The van der Waals surface area contributed by atoms with Gasteiger partial charge in [0, 0.05) is 13.1 Å². The average molecular weight is 194 g/mol. The lowest BCUT2D eigenvalue weighted by atomic mass is 10.00. The van der Waals surface area contributed by atoms with Gasteiger partial charge in [-0.05, 0) is 18.8 Å². The zero-order chi connectivity index (χ0) is 11.7. The number of anilines is 2. The summed E-state index contributed by atoms with van der Waals surface area (Å²) in [5.41, 5.74) is 5.53. The van der Waals surface area contributed by atoms with E-state index in [0.717, 1.165) is 31.8 Å². The Morgan fingerprint density at radius 2 is 2.00 bits per heavy atom. The monoisotopic (exact) mass is 194 g/mol. The van der Waals surface area contributed by atoms with Crippen LogP contribution >= 0.6 is 0 Å². The molecule has 14 heavy (non-hydrogen) atoms. The summed E-state index contributed by atoms with van der Waals surface area (Å²) in [4.78, 5) is 10.1. The van der Waals surface area contributed by atoms with Crippen molar-refractivity contribution in [3.05, 3.63) is 12.3 Å². The molecule has 1 aliphatic heterocycles. The molecule has 0 spiro atoms. The molecule has 1 fully saturated rings. The number of nitrogen functional groups attached to an aromatic ring is 1. The van der Waals surface area contributed by atoms with E-state index in [1.165, 1.54) is 0 Å². The second-order valence-electron chi connectivity index (χ2n) is 3.83. The van der Waals surface area contributed by atoms with Gasteiger partial charge in [-0.25, -0.2) is 9.97 Å². The number of rotatable bonds is 1. The molecule has 1 saturated heterocycles. The maximum atomic E-state index is 7.54. The molecule has 4 nitrogen and oxygen atoms in total. The summed E-state index contributed by atoms with van der Waals surface area (Å²) < 4.78 is 15.1. The number of nitrogens with zero attached hydrogens (tertiary/aromatic N) is 3. The Balaban J connectivity index is 2.21. The van der Waals surface area contributed by atoms with Crippen LogP contribution in [-0.4, -0.2) is 23.1 Å². The van der Waals surface area contributed by atoms with Gasteiger partial charge in [0.1, 0.15) is 0 Å². The lowest BCUT2D eigenvalue weighted by molar-refractivity contribution is 0.434. The average Bonchev–Trinajstić information content (AvgIpc) is 2.26. The molecule has 1 aromatic rings. The smallest absolute Gasteiger partial charge is 0.225 e. The minimum absolute atomic E-state index is 0.0476. The van der Waals surface area contributed by atoms with Crippen LogP contribution in [0.25, 0.3) is 0 Å². The van der Waals surface area contributed by atoms with Crippen LogP contribution in [0.4, 0.5) is 11.6 Å². The van der Waals surface area contributed by atoms with Crippen LogP contribution in [0.15, 0.2) is 12.3 Å². The van der Waals surface area contributed by atoms with Gasteiger partial charge < -0.3 is 10.6 Å². The molecule has 0 bridgehead atoms. The van der Waals surface area contributed by atoms with Crippen LogP contribution < -0.4 is 10.6 Å². The van der Waals surface area contributed by atoms with E-state index in [0.29, 0.717) is 5.95 Å². The fourth-order valence-electron chi connectivity index (χ4n) is 1.62. The van der Waals surface area contributed by atoms with Crippen molar-refractivity contribution in [3.63, 3.8) is 0 Å². The van der Waals surface area contributed by atoms with Crippen molar-refractivity contribution >= 4 is 11.6 Å². The normalized spacial score (nSPS) is 20.5. The molecular formula is C10H16N4. The van der Waals surface area contributed by atoms with E-state index < -0.39 is 0 Å². The summed E-state index contributed by atoms with van der Waals surface area (Å²) in [5.74, 6) is 1.20. The first-order valence-corrected chi connectivity index (χ1v) is 4.93. The van der Waals surface area contributed by atoms with Crippen molar-refractivity contribution in [2.75, 3.05) is 23.7 Å². The van der Waals surface area contributed by atoms with Gasteiger partial charge in [0.15, 0.2) is 0 Å². The molecule has 0 radical (unpaired) electrons. The lowest BCUT2D eigenvalue weighted by Gasteiger charge is -2.30. The zero-order valence-electron chi connectivity index (χ0n) is 10.3. The van der Waals surface area contributed by atoms with Gasteiger partial charge in [-0.3, -0.25) is 0 Å². The minimum atomic E-state index is -0.0476. The Morgan fingerprint density at radius 1 is 1.43 bits per heavy atom. The summed E-state index contributed by atoms with van der Waals surface area (Å²) in [6.07, 6.45) is 2.12. The maximum Gasteiger partial charge on any atom is 0.225 e. The highest BCUT2D eigenvalue weighted by atomic mass is 15.2. The van der Waals surface area contributed by atoms with Crippen LogP contribution in [0.3, 0.4) is 0 Å². The predicted octanol–water partition coefficient (Wildman–Crippen LogP) is 1.30. The standard InChI is InChI=1S/C10H16N4/c1-8-2-4-14(5-3-8)10-12-6-9(11)7-13-10/h6-8H,2-5,11H2,1H3/i6D,7D. The van der Waals surface area contributed by atoms with Gasteiger partial charge >= 0.3 is 0 Å². The third-order valence-corrected chi connectivity index (χ3v) is 2.62. The van der Waals surface area contributed by atoms with Gasteiger partial charge in [-0.1, -0.05) is 6.92 Å². The van der Waals surface area contributed by atoms with Crippen molar-refractivity contribution in [2.45, 2.75) is 19.8 Å². The third-order valence-electron chi connectivity index (χ3n) is 2.62. The van der Waals surface area contributed by atoms with Crippen LogP contribution in [-0.2, 0) is 0 Å². The quantitative estimate of drug-likeness (QED) is 0.732. The largest absolute Gasteiger partial charge is 0.396 e. The number of aromatic nitrogens is 2. The summed E-state index contributed by atoms with van der Waals surface area (Å²) in [5, 5.41) is 0. The van der Waals surface area contributed by atoms with Crippen molar-refractivity contribution in [3.8, 4) is 0 Å². The highest BCUT2D eigenvalue weighted by molar-refractivity contribution is 5.37. The molecular weight excluding hydrogens is 176 g/mol. The van der Waals surface area contributed by atoms with Crippen LogP contribution in [0.1, 0.15) is 22.5 Å². The molecule has 1 aliphatic rings. The Kier molecular flexibility index (Phi) is 1.92. The number of piperidine rings is 1. The fourth-order valence-corrected chi connectivity index (χ4v) is 1.62. The van der Waals surface area contributed by atoms with E-state index >= 15 is 0 Å². The maximum absolute atomic E-state index is 7.54. The fraction of sp³-hybridized carbons (Fsp3) is 0.600. The first-order chi connectivity index (χ1) is 7.58. The minimum Gasteiger partial charge on any atom is -0.396 e. The molecule has 0 aliphatic carbocycles. The van der Waals surface area contributed by atoms with Gasteiger partial charge in [-0.2, -0.15) is 0 Å². The van der Waals surface area contributed by atoms with Gasteiger partial charge in [0.25, 0.3) is 0 Å². The van der Waals surface area contributed by atoms with E-state index in [1.807, 2.05) is 4.90 Å². The lowest BCUT2D eigenvalue weighted by Crippen LogP contribution is -2.34. The molecule has 4 heteroatoms. The number of hydrogen-bond acceptors (Lipinski definition) is 4. The Labute approximate surface area is 87.0 Å². The molecule has 0 atom stereocenters. The van der Waals surface area contributed by atoms with Crippen LogP contribution in [0.2, 0.25) is 0 Å². The highest BCUT2D eigenvalue weighted by Gasteiger charge is 2.17. The van der Waals surface area contributed by atoms with E-state index in [4.69, 9.17) is 8.48 Å². The van der Waals surface area contributed by atoms with Gasteiger partial charge in [0.2, 0.25) is 5.95 Å². The Hall–Kier alpha value is -1.32. The molecule has 0 aromatic carbocycles. The molecule has 0 saturated carbocycles. The molecule has 1 aromatic heterocycles. The SMILES string of the molecule is [2H]c1nc(N2CCC(C)CC2)nc([2H])c1N. The summed E-state index contributed by atoms with van der Waals surface area (Å²) in [6, 6.07) is 0. The first kappa shape index (κ1) is 7.04. The Morgan fingerprint density at radius 3 is 2.57 bits per heavy atom.